The minimum Gasteiger partial charge on any atom is -0.454 e. The Bertz CT molecular complexity index is 912. The average molecular weight is 296 g/mol. The summed E-state index contributed by atoms with van der Waals surface area (Å²) in [6.45, 7) is 4.21. The van der Waals surface area contributed by atoms with Gasteiger partial charge in [0.15, 0.2) is 5.58 Å². The zero-order chi connectivity index (χ0) is 15.4. The van der Waals surface area contributed by atoms with Crippen LogP contribution in [0.5, 0.6) is 0 Å². The number of aryl methyl sites for hydroxylation is 1. The molecule has 2 heterocycles. The van der Waals surface area contributed by atoms with E-state index >= 15 is 0 Å². The number of nitrogens with zero attached hydrogens (tertiary/aromatic N) is 2. The van der Waals surface area contributed by atoms with Gasteiger partial charge in [0.1, 0.15) is 17.6 Å². The molecule has 1 aromatic heterocycles. The molecule has 0 radical (unpaired) electrons. The zero-order valence-electron chi connectivity index (χ0n) is 12.8. The summed E-state index contributed by atoms with van der Waals surface area (Å²) in [5.74, 6) is -0.279. The fourth-order valence-electron chi connectivity index (χ4n) is 3.10. The molecule has 3 nitrogen and oxygen atoms in total. The van der Waals surface area contributed by atoms with Gasteiger partial charge < -0.3 is 14.2 Å². The van der Waals surface area contributed by atoms with Crippen LogP contribution in [0.15, 0.2) is 47.1 Å². The van der Waals surface area contributed by atoms with Crippen molar-refractivity contribution in [2.75, 3.05) is 11.9 Å². The van der Waals surface area contributed by atoms with Gasteiger partial charge in [0.2, 0.25) is 0 Å². The van der Waals surface area contributed by atoms with Gasteiger partial charge in [-0.15, -0.1) is 0 Å². The predicted octanol–water partition coefficient (Wildman–Crippen LogP) is 4.60. The van der Waals surface area contributed by atoms with Crippen molar-refractivity contribution in [2.24, 2.45) is 0 Å². The average Bonchev–Trinajstić information content (AvgIpc) is 3.00. The van der Waals surface area contributed by atoms with Crippen molar-refractivity contribution < 1.29 is 8.81 Å². The predicted molar refractivity (Wildman–Crippen MR) is 87.3 cm³/mol. The molecule has 112 valence electrons. The van der Waals surface area contributed by atoms with E-state index in [1.807, 2.05) is 19.3 Å². The Morgan fingerprint density at radius 1 is 1.09 bits per heavy atom. The molecule has 1 aliphatic heterocycles. The molecular weight excluding hydrogens is 279 g/mol. The first-order valence-electron chi connectivity index (χ1n) is 7.36. The summed E-state index contributed by atoms with van der Waals surface area (Å²) in [4.78, 5) is 4.33. The molecule has 1 unspecified atom stereocenters. The summed E-state index contributed by atoms with van der Waals surface area (Å²) in [5, 5.41) is 1.97. The first kappa shape index (κ1) is 13.2. The number of fused-ring (bicyclic) bond motifs is 3. The van der Waals surface area contributed by atoms with E-state index in [0.717, 1.165) is 27.6 Å². The van der Waals surface area contributed by atoms with Crippen LogP contribution in [0.1, 0.15) is 12.5 Å². The van der Waals surface area contributed by atoms with E-state index in [4.69, 9.17) is 4.42 Å². The Hall–Kier alpha value is -2.49. The highest BCUT2D eigenvalue weighted by molar-refractivity contribution is 6.09. The number of furan rings is 1. The van der Waals surface area contributed by atoms with Crippen molar-refractivity contribution >= 4 is 27.6 Å². The van der Waals surface area contributed by atoms with E-state index in [1.54, 1.807) is 6.07 Å². The molecule has 1 atom stereocenters. The fraction of sp³-hybridized carbons (Fsp3) is 0.222. The summed E-state index contributed by atoms with van der Waals surface area (Å²) in [7, 11) is 2.05. The van der Waals surface area contributed by atoms with E-state index in [1.165, 1.54) is 12.1 Å². The van der Waals surface area contributed by atoms with E-state index in [-0.39, 0.29) is 12.0 Å². The normalized spacial score (nSPS) is 18.1. The van der Waals surface area contributed by atoms with Gasteiger partial charge in [-0.3, -0.25) is 0 Å². The molecule has 1 aliphatic rings. The van der Waals surface area contributed by atoms with Gasteiger partial charge in [0.05, 0.1) is 5.69 Å². The van der Waals surface area contributed by atoms with Gasteiger partial charge in [-0.2, -0.15) is 0 Å². The lowest BCUT2D eigenvalue weighted by atomic mass is 10.1. The maximum Gasteiger partial charge on any atom is 0.159 e. The number of anilines is 1. The highest BCUT2D eigenvalue weighted by Crippen LogP contribution is 2.39. The third kappa shape index (κ3) is 1.73. The molecule has 0 N–H and O–H groups in total. The maximum absolute atomic E-state index is 13.5. The molecule has 4 heteroatoms. The van der Waals surface area contributed by atoms with Gasteiger partial charge in [0, 0.05) is 36.3 Å². The van der Waals surface area contributed by atoms with Crippen LogP contribution in [0.3, 0.4) is 0 Å². The van der Waals surface area contributed by atoms with Crippen LogP contribution in [0.25, 0.3) is 21.9 Å². The molecule has 0 spiro atoms. The maximum atomic E-state index is 13.5. The molecule has 4 rings (SSSR count). The van der Waals surface area contributed by atoms with Crippen molar-refractivity contribution in [3.05, 3.63) is 54.1 Å². The first-order chi connectivity index (χ1) is 10.6. The molecule has 0 saturated carbocycles. The second kappa shape index (κ2) is 4.50. The van der Waals surface area contributed by atoms with E-state index in [2.05, 4.69) is 35.9 Å². The standard InChI is InChI=1S/C18H17FN2O/c1-11-4-6-15-14-7-5-13(19)10-16(14)22-18(15)17(11)21-9-8-20(3)12(21)2/h4-10,12H,1-3H3. The quantitative estimate of drug-likeness (QED) is 0.654. The Morgan fingerprint density at radius 2 is 1.86 bits per heavy atom. The Morgan fingerprint density at radius 3 is 2.59 bits per heavy atom. The van der Waals surface area contributed by atoms with Crippen LogP contribution >= 0.6 is 0 Å². The van der Waals surface area contributed by atoms with Crippen molar-refractivity contribution in [3.63, 3.8) is 0 Å². The molecule has 2 aromatic carbocycles. The highest BCUT2D eigenvalue weighted by Gasteiger charge is 2.25. The zero-order valence-corrected chi connectivity index (χ0v) is 12.8. The molecule has 0 aliphatic carbocycles. The van der Waals surface area contributed by atoms with Gasteiger partial charge >= 0.3 is 0 Å². The van der Waals surface area contributed by atoms with Crippen LogP contribution in [0.2, 0.25) is 0 Å². The Kier molecular flexibility index (Phi) is 2.70. The van der Waals surface area contributed by atoms with Gasteiger partial charge in [0.25, 0.3) is 0 Å². The largest absolute Gasteiger partial charge is 0.454 e. The van der Waals surface area contributed by atoms with Crippen LogP contribution in [-0.2, 0) is 0 Å². The van der Waals surface area contributed by atoms with Crippen LogP contribution in [0.4, 0.5) is 10.1 Å². The third-order valence-electron chi connectivity index (χ3n) is 4.49. The lowest BCUT2D eigenvalue weighted by Gasteiger charge is -2.28. The molecular formula is C18H17FN2O. The number of hydrogen-bond donors (Lipinski definition) is 0. The molecule has 22 heavy (non-hydrogen) atoms. The first-order valence-corrected chi connectivity index (χ1v) is 7.36. The van der Waals surface area contributed by atoms with Gasteiger partial charge in [-0.1, -0.05) is 12.1 Å². The molecule has 0 fully saturated rings. The summed E-state index contributed by atoms with van der Waals surface area (Å²) < 4.78 is 19.5. The minimum absolute atomic E-state index is 0.217. The number of hydrogen-bond acceptors (Lipinski definition) is 3. The van der Waals surface area contributed by atoms with E-state index < -0.39 is 0 Å². The summed E-state index contributed by atoms with van der Waals surface area (Å²) in [5.41, 5.74) is 3.58. The monoisotopic (exact) mass is 296 g/mol. The van der Waals surface area contributed by atoms with Crippen molar-refractivity contribution in [3.8, 4) is 0 Å². The number of halogens is 1. The van der Waals surface area contributed by atoms with Crippen LogP contribution < -0.4 is 4.90 Å². The number of benzene rings is 2. The topological polar surface area (TPSA) is 19.6 Å². The molecule has 0 amide bonds. The van der Waals surface area contributed by atoms with Crippen molar-refractivity contribution in [1.82, 2.24) is 4.90 Å². The van der Waals surface area contributed by atoms with Crippen LogP contribution in [-0.4, -0.2) is 18.1 Å². The van der Waals surface area contributed by atoms with Crippen molar-refractivity contribution in [2.45, 2.75) is 20.0 Å². The van der Waals surface area contributed by atoms with Crippen molar-refractivity contribution in [1.29, 1.82) is 0 Å². The SMILES string of the molecule is Cc1ccc2c(oc3cc(F)ccc32)c1N1C=CN(C)C1C. The fourth-order valence-corrected chi connectivity index (χ4v) is 3.10. The van der Waals surface area contributed by atoms with Gasteiger partial charge in [-0.25, -0.2) is 4.39 Å². The minimum atomic E-state index is -0.279. The summed E-state index contributed by atoms with van der Waals surface area (Å²) in [6, 6.07) is 8.85. The van der Waals surface area contributed by atoms with E-state index in [0.29, 0.717) is 5.58 Å². The van der Waals surface area contributed by atoms with Gasteiger partial charge in [-0.05, 0) is 31.5 Å². The Balaban J connectivity index is 2.03. The lowest BCUT2D eigenvalue weighted by molar-refractivity contribution is 0.383. The Labute approximate surface area is 128 Å². The smallest absolute Gasteiger partial charge is 0.159 e. The second-order valence-corrected chi connectivity index (χ2v) is 5.85. The van der Waals surface area contributed by atoms with E-state index in [9.17, 15) is 4.39 Å². The third-order valence-corrected chi connectivity index (χ3v) is 4.49. The highest BCUT2D eigenvalue weighted by atomic mass is 19.1. The molecule has 3 aromatic rings. The molecule has 0 saturated heterocycles. The van der Waals surface area contributed by atoms with Crippen LogP contribution in [0, 0.1) is 12.7 Å². The summed E-state index contributed by atoms with van der Waals surface area (Å²) >= 11 is 0. The summed E-state index contributed by atoms with van der Waals surface area (Å²) in [6.07, 6.45) is 4.32. The lowest BCUT2D eigenvalue weighted by Crippen LogP contribution is -2.33. The second-order valence-electron chi connectivity index (χ2n) is 5.85. The number of rotatable bonds is 1. The molecule has 0 bridgehead atoms.